The molecule has 134 valence electrons. The number of benzene rings is 3. The molecule has 1 saturated heterocycles. The lowest BCUT2D eigenvalue weighted by Crippen LogP contribution is -2.30. The molecule has 1 heterocycles. The molecule has 4 rings (SSSR count). The van der Waals surface area contributed by atoms with Crippen molar-refractivity contribution in [2.45, 2.75) is 52.4 Å². The van der Waals surface area contributed by atoms with Gasteiger partial charge in [-0.25, -0.2) is 0 Å². The first-order valence-electron chi connectivity index (χ1n) is 9.54. The first-order valence-corrected chi connectivity index (χ1v) is 9.54. The topological polar surface area (TPSA) is 18.5 Å². The van der Waals surface area contributed by atoms with Crippen molar-refractivity contribution in [3.63, 3.8) is 0 Å². The molecule has 2 heteroatoms. The lowest BCUT2D eigenvalue weighted by Gasteiger charge is -2.30. The van der Waals surface area contributed by atoms with E-state index >= 15 is 0 Å². The van der Waals surface area contributed by atoms with E-state index in [4.69, 9.17) is 9.47 Å². The van der Waals surface area contributed by atoms with E-state index in [9.17, 15) is 0 Å². The van der Waals surface area contributed by atoms with Gasteiger partial charge < -0.3 is 9.47 Å². The van der Waals surface area contributed by atoms with E-state index in [0.717, 1.165) is 30.4 Å². The van der Waals surface area contributed by atoms with E-state index in [0.29, 0.717) is 0 Å². The molecule has 1 fully saturated rings. The molecule has 2 nitrogen and oxygen atoms in total. The molecule has 26 heavy (non-hydrogen) atoms. The van der Waals surface area contributed by atoms with Gasteiger partial charge in [-0.3, -0.25) is 0 Å². The Bertz CT molecular complexity index is 914. The van der Waals surface area contributed by atoms with Crippen LogP contribution in [0.25, 0.3) is 21.9 Å². The fourth-order valence-electron chi connectivity index (χ4n) is 3.97. The van der Waals surface area contributed by atoms with E-state index in [2.05, 4.69) is 75.4 Å². The molecule has 3 aromatic rings. The monoisotopic (exact) mass is 346 g/mol. The zero-order valence-electron chi connectivity index (χ0n) is 15.8. The van der Waals surface area contributed by atoms with Gasteiger partial charge in [-0.05, 0) is 61.3 Å². The minimum absolute atomic E-state index is 0.150. The van der Waals surface area contributed by atoms with E-state index in [1.54, 1.807) is 0 Å². The highest BCUT2D eigenvalue weighted by atomic mass is 16.7. The number of fused-ring (bicyclic) bond motifs is 1. The molecule has 1 aliphatic rings. The fourth-order valence-corrected chi connectivity index (χ4v) is 3.97. The number of rotatable bonds is 3. The summed E-state index contributed by atoms with van der Waals surface area (Å²) in [6.07, 6.45) is 3.35. The van der Waals surface area contributed by atoms with Gasteiger partial charge in [-0.15, -0.1) is 0 Å². The number of hydrogen-bond acceptors (Lipinski definition) is 2. The van der Waals surface area contributed by atoms with Crippen molar-refractivity contribution in [1.29, 1.82) is 0 Å². The minimum Gasteiger partial charge on any atom is -0.464 e. The largest absolute Gasteiger partial charge is 0.464 e. The van der Waals surface area contributed by atoms with Gasteiger partial charge >= 0.3 is 0 Å². The van der Waals surface area contributed by atoms with Gasteiger partial charge in [0.05, 0.1) is 6.10 Å². The van der Waals surface area contributed by atoms with Crippen molar-refractivity contribution >= 4 is 10.8 Å². The molecule has 1 aliphatic heterocycles. The van der Waals surface area contributed by atoms with Gasteiger partial charge in [0.25, 0.3) is 0 Å². The van der Waals surface area contributed by atoms with Crippen LogP contribution >= 0.6 is 0 Å². The highest BCUT2D eigenvalue weighted by molar-refractivity contribution is 6.02. The lowest BCUT2D eigenvalue weighted by atomic mass is 9.90. The third kappa shape index (κ3) is 3.10. The molecular formula is C24H26O2. The second-order valence-corrected chi connectivity index (χ2v) is 7.29. The van der Waals surface area contributed by atoms with Crippen molar-refractivity contribution in [2.75, 3.05) is 0 Å². The van der Waals surface area contributed by atoms with Gasteiger partial charge in [0.1, 0.15) is 5.75 Å². The third-order valence-electron chi connectivity index (χ3n) is 5.47. The van der Waals surface area contributed by atoms with E-state index in [1.165, 1.54) is 27.6 Å². The van der Waals surface area contributed by atoms with Crippen LogP contribution in [0.3, 0.4) is 0 Å². The molecule has 3 aromatic carbocycles. The van der Waals surface area contributed by atoms with Crippen molar-refractivity contribution < 1.29 is 9.47 Å². The second-order valence-electron chi connectivity index (χ2n) is 7.29. The maximum Gasteiger partial charge on any atom is 0.200 e. The molecule has 2 atom stereocenters. The Morgan fingerprint density at radius 1 is 0.846 bits per heavy atom. The summed E-state index contributed by atoms with van der Waals surface area (Å²) < 4.78 is 12.4. The molecular weight excluding hydrogens is 320 g/mol. The Kier molecular flexibility index (Phi) is 4.69. The zero-order chi connectivity index (χ0) is 18.1. The maximum absolute atomic E-state index is 6.42. The maximum atomic E-state index is 6.42. The lowest BCUT2D eigenvalue weighted by molar-refractivity contribution is -0.140. The average Bonchev–Trinajstić information content (AvgIpc) is 2.66. The number of hydrogen-bond donors (Lipinski definition) is 0. The van der Waals surface area contributed by atoms with Crippen LogP contribution in [-0.2, 0) is 4.74 Å². The quantitative estimate of drug-likeness (QED) is 0.545. The average molecular weight is 346 g/mol. The SMILES string of the molecule is Cc1c(C)c(-c2ccccc2)c2ccccc2c1OC1CCCC(C)O1. The van der Waals surface area contributed by atoms with Crippen LogP contribution in [0.15, 0.2) is 54.6 Å². The van der Waals surface area contributed by atoms with Crippen molar-refractivity contribution in [2.24, 2.45) is 0 Å². The van der Waals surface area contributed by atoms with Crippen LogP contribution in [0.2, 0.25) is 0 Å². The third-order valence-corrected chi connectivity index (χ3v) is 5.47. The summed E-state index contributed by atoms with van der Waals surface area (Å²) in [4.78, 5) is 0. The minimum atomic E-state index is -0.150. The Hall–Kier alpha value is -2.32. The van der Waals surface area contributed by atoms with Crippen LogP contribution in [0.4, 0.5) is 0 Å². The molecule has 2 unspecified atom stereocenters. The summed E-state index contributed by atoms with van der Waals surface area (Å²) >= 11 is 0. The molecule has 0 saturated carbocycles. The molecule has 0 aromatic heterocycles. The summed E-state index contributed by atoms with van der Waals surface area (Å²) in [6, 6.07) is 19.2. The summed E-state index contributed by atoms with van der Waals surface area (Å²) in [5.74, 6) is 0.969. The summed E-state index contributed by atoms with van der Waals surface area (Å²) in [7, 11) is 0. The van der Waals surface area contributed by atoms with Gasteiger partial charge in [-0.1, -0.05) is 54.6 Å². The first-order chi connectivity index (χ1) is 12.6. The van der Waals surface area contributed by atoms with Crippen LogP contribution in [0.5, 0.6) is 5.75 Å². The van der Waals surface area contributed by atoms with Gasteiger partial charge in [0.2, 0.25) is 0 Å². The van der Waals surface area contributed by atoms with E-state index in [1.807, 2.05) is 0 Å². The fraction of sp³-hybridized carbons (Fsp3) is 0.333. The smallest absolute Gasteiger partial charge is 0.200 e. The molecule has 0 aliphatic carbocycles. The zero-order valence-corrected chi connectivity index (χ0v) is 15.8. The first kappa shape index (κ1) is 17.1. The van der Waals surface area contributed by atoms with E-state index < -0.39 is 0 Å². The van der Waals surface area contributed by atoms with Crippen molar-refractivity contribution in [3.05, 3.63) is 65.7 Å². The second kappa shape index (κ2) is 7.13. The Morgan fingerprint density at radius 2 is 1.54 bits per heavy atom. The molecule has 0 bridgehead atoms. The van der Waals surface area contributed by atoms with Crippen LogP contribution < -0.4 is 4.74 Å². The van der Waals surface area contributed by atoms with Crippen LogP contribution in [0, 0.1) is 13.8 Å². The van der Waals surface area contributed by atoms with E-state index in [-0.39, 0.29) is 12.4 Å². The van der Waals surface area contributed by atoms with Gasteiger partial charge in [0, 0.05) is 11.8 Å². The van der Waals surface area contributed by atoms with Gasteiger partial charge in [0.15, 0.2) is 6.29 Å². The Labute approximate surface area is 155 Å². The van der Waals surface area contributed by atoms with Crippen LogP contribution in [-0.4, -0.2) is 12.4 Å². The predicted octanol–water partition coefficient (Wildman–Crippen LogP) is 6.42. The summed E-state index contributed by atoms with van der Waals surface area (Å²) in [6.45, 7) is 6.49. The van der Waals surface area contributed by atoms with Crippen LogP contribution in [0.1, 0.15) is 37.3 Å². The molecule has 0 N–H and O–H groups in total. The molecule has 0 spiro atoms. The standard InChI is InChI=1S/C24H26O2/c1-16-10-9-15-22(25-16)26-24-18(3)17(2)23(19-11-5-4-6-12-19)20-13-7-8-14-21(20)24/h4-8,11-14,16,22H,9-10,15H2,1-3H3. The summed E-state index contributed by atoms with van der Waals surface area (Å²) in [5, 5.41) is 2.40. The Balaban J connectivity index is 1.86. The van der Waals surface area contributed by atoms with Crippen molar-refractivity contribution in [3.8, 4) is 16.9 Å². The van der Waals surface area contributed by atoms with Gasteiger partial charge in [-0.2, -0.15) is 0 Å². The van der Waals surface area contributed by atoms with Crippen molar-refractivity contribution in [1.82, 2.24) is 0 Å². The number of ether oxygens (including phenoxy) is 2. The molecule has 0 amide bonds. The predicted molar refractivity (Wildman–Crippen MR) is 108 cm³/mol. The normalized spacial score (nSPS) is 20.3. The highest BCUT2D eigenvalue weighted by Gasteiger charge is 2.23. The highest BCUT2D eigenvalue weighted by Crippen LogP contribution is 2.41. The summed E-state index contributed by atoms with van der Waals surface area (Å²) in [5.41, 5.74) is 5.01. The molecule has 0 radical (unpaired) electrons. The Morgan fingerprint density at radius 3 is 2.27 bits per heavy atom.